The molecule has 4 rings (SSSR count). The van der Waals surface area contributed by atoms with Crippen LogP contribution in [0.5, 0.6) is 0 Å². The molecule has 0 saturated heterocycles. The quantitative estimate of drug-likeness (QED) is 0.438. The van der Waals surface area contributed by atoms with Crippen molar-refractivity contribution < 1.29 is 23.3 Å². The van der Waals surface area contributed by atoms with E-state index in [9.17, 15) is 14.0 Å². The molecule has 148 valence electrons. The summed E-state index contributed by atoms with van der Waals surface area (Å²) in [5.74, 6) is -0.301. The van der Waals surface area contributed by atoms with Crippen molar-refractivity contribution in [3.8, 4) is 0 Å². The second kappa shape index (κ2) is 7.35. The average Bonchev–Trinajstić information content (AvgIpc) is 2.73. The van der Waals surface area contributed by atoms with Crippen LogP contribution in [0.25, 0.3) is 0 Å². The summed E-state index contributed by atoms with van der Waals surface area (Å²) in [6, 6.07) is 6.26. The molecule has 29 heavy (non-hydrogen) atoms. The standard InChI is InChI=1S/C23H21FN2O3/c1-4-17-12-26-21-20(13(3)19(23(26)28)18(27)5-2)25-11-15(22(21)29-17)10-14-6-8-16(24)9-7-14/h6-9,11-12,22H,1,4-5,10H2,2-3H3. The van der Waals surface area contributed by atoms with Gasteiger partial charge in [-0.05, 0) is 31.0 Å². The number of hydrogen-bond donors (Lipinski definition) is 0. The van der Waals surface area contributed by atoms with Crippen molar-refractivity contribution >= 4 is 23.1 Å². The van der Waals surface area contributed by atoms with Crippen molar-refractivity contribution in [1.82, 2.24) is 0 Å². The predicted molar refractivity (Wildman–Crippen MR) is 107 cm³/mol. The molecule has 0 aromatic heterocycles. The SMILES string of the molecule is [CH2-]CC1=C[N+]2=C3C(=NC=C(Cc4ccc(F)cc4)C3O1)C(C)=C(C(=O)CC)C2=O. The van der Waals surface area contributed by atoms with Crippen molar-refractivity contribution in [1.29, 1.82) is 0 Å². The molecule has 0 saturated carbocycles. The van der Waals surface area contributed by atoms with E-state index in [1.165, 1.54) is 16.7 Å². The Morgan fingerprint density at radius 2 is 2.03 bits per heavy atom. The molecule has 3 aliphatic heterocycles. The normalized spacial score (nSPS) is 20.6. The maximum Gasteiger partial charge on any atom is 0.429 e. The zero-order valence-corrected chi connectivity index (χ0v) is 16.4. The minimum absolute atomic E-state index is 0.172. The lowest BCUT2D eigenvalue weighted by Crippen LogP contribution is -2.49. The fourth-order valence-electron chi connectivity index (χ4n) is 3.81. The highest BCUT2D eigenvalue weighted by atomic mass is 19.1. The van der Waals surface area contributed by atoms with Gasteiger partial charge in [0.2, 0.25) is 12.3 Å². The summed E-state index contributed by atoms with van der Waals surface area (Å²) in [6.45, 7) is 7.36. The minimum Gasteiger partial charge on any atom is -0.476 e. The molecule has 1 amide bonds. The summed E-state index contributed by atoms with van der Waals surface area (Å²) < 4.78 is 20.9. The van der Waals surface area contributed by atoms with Gasteiger partial charge in [-0.15, -0.1) is 11.0 Å². The molecule has 1 aromatic carbocycles. The van der Waals surface area contributed by atoms with Gasteiger partial charge in [-0.25, -0.2) is 14.2 Å². The monoisotopic (exact) mass is 392 g/mol. The lowest BCUT2D eigenvalue weighted by atomic mass is 9.85. The van der Waals surface area contributed by atoms with Crippen LogP contribution in [0.2, 0.25) is 0 Å². The van der Waals surface area contributed by atoms with Gasteiger partial charge < -0.3 is 11.7 Å². The van der Waals surface area contributed by atoms with Gasteiger partial charge in [0, 0.05) is 23.8 Å². The fraction of sp³-hybridized carbons (Fsp3) is 0.261. The molecule has 3 aliphatic rings. The molecule has 0 N–H and O–H groups in total. The number of ether oxygens (including phenoxy) is 1. The van der Waals surface area contributed by atoms with Gasteiger partial charge in [0.25, 0.3) is 5.71 Å². The van der Waals surface area contributed by atoms with Crippen molar-refractivity contribution in [2.75, 3.05) is 0 Å². The van der Waals surface area contributed by atoms with Crippen molar-refractivity contribution in [2.24, 2.45) is 4.99 Å². The molecule has 0 fully saturated rings. The Hall–Kier alpha value is -3.15. The molecule has 0 spiro atoms. The van der Waals surface area contributed by atoms with E-state index in [0.29, 0.717) is 35.6 Å². The summed E-state index contributed by atoms with van der Waals surface area (Å²) >= 11 is 0. The third kappa shape index (κ3) is 3.18. The summed E-state index contributed by atoms with van der Waals surface area (Å²) in [5, 5.41) is 0. The Balaban J connectivity index is 1.83. The number of nitrogens with zero attached hydrogens (tertiary/aromatic N) is 2. The molecule has 6 heteroatoms. The number of amides is 1. The van der Waals surface area contributed by atoms with E-state index in [2.05, 4.69) is 11.9 Å². The molecule has 3 heterocycles. The Labute approximate surface area is 168 Å². The maximum absolute atomic E-state index is 13.2. The molecule has 5 nitrogen and oxygen atoms in total. The van der Waals surface area contributed by atoms with Gasteiger partial charge in [0.05, 0.1) is 0 Å². The van der Waals surface area contributed by atoms with E-state index >= 15 is 0 Å². The van der Waals surface area contributed by atoms with Gasteiger partial charge in [-0.3, -0.25) is 4.79 Å². The van der Waals surface area contributed by atoms with Crippen LogP contribution in [-0.2, 0) is 20.7 Å². The molecular weight excluding hydrogens is 371 g/mol. The first kappa shape index (κ1) is 19.2. The summed E-state index contributed by atoms with van der Waals surface area (Å²) in [5.41, 5.74) is 3.72. The number of halogens is 1. The number of ketones is 1. The smallest absolute Gasteiger partial charge is 0.429 e. The van der Waals surface area contributed by atoms with Gasteiger partial charge >= 0.3 is 5.91 Å². The van der Waals surface area contributed by atoms with Gasteiger partial charge in [-0.2, -0.15) is 0 Å². The lowest BCUT2D eigenvalue weighted by Gasteiger charge is -2.31. The molecule has 0 aliphatic carbocycles. The Morgan fingerprint density at radius 3 is 2.69 bits per heavy atom. The van der Waals surface area contributed by atoms with Crippen molar-refractivity contribution in [3.63, 3.8) is 0 Å². The largest absolute Gasteiger partial charge is 0.476 e. The Morgan fingerprint density at radius 1 is 1.31 bits per heavy atom. The third-order valence-electron chi connectivity index (χ3n) is 5.32. The topological polar surface area (TPSA) is 58.7 Å². The second-order valence-corrected chi connectivity index (χ2v) is 7.17. The van der Waals surface area contributed by atoms with E-state index < -0.39 is 6.10 Å². The number of benzene rings is 1. The van der Waals surface area contributed by atoms with Gasteiger partial charge in [-0.1, -0.05) is 19.1 Å². The van der Waals surface area contributed by atoms with E-state index in [1.807, 2.05) is 0 Å². The second-order valence-electron chi connectivity index (χ2n) is 7.17. The first-order valence-corrected chi connectivity index (χ1v) is 9.57. The number of rotatable bonds is 5. The molecule has 1 unspecified atom stereocenters. The molecule has 1 aromatic rings. The number of aliphatic imine (C=N–C) groups is 1. The first-order valence-electron chi connectivity index (χ1n) is 9.57. The minimum atomic E-state index is -0.508. The highest BCUT2D eigenvalue weighted by Crippen LogP contribution is 2.31. The van der Waals surface area contributed by atoms with Crippen LogP contribution < -0.4 is 0 Å². The highest BCUT2D eigenvalue weighted by Gasteiger charge is 2.49. The van der Waals surface area contributed by atoms with Crippen LogP contribution in [0, 0.1) is 12.7 Å². The highest BCUT2D eigenvalue weighted by molar-refractivity contribution is 6.53. The number of carbonyl (C=O) groups is 2. The van der Waals surface area contributed by atoms with Gasteiger partial charge in [0.1, 0.15) is 22.9 Å². The molecule has 0 radical (unpaired) electrons. The van der Waals surface area contributed by atoms with Crippen molar-refractivity contribution in [2.45, 2.75) is 39.2 Å². The van der Waals surface area contributed by atoms with Crippen LogP contribution in [-0.4, -0.2) is 33.8 Å². The fourth-order valence-corrected chi connectivity index (χ4v) is 3.81. The van der Waals surface area contributed by atoms with E-state index in [0.717, 1.165) is 11.1 Å². The zero-order chi connectivity index (χ0) is 20.7. The average molecular weight is 392 g/mol. The number of hydrogen-bond acceptors (Lipinski definition) is 4. The van der Waals surface area contributed by atoms with Crippen LogP contribution in [0.4, 0.5) is 4.39 Å². The Kier molecular flexibility index (Phi) is 4.86. The first-order chi connectivity index (χ1) is 13.9. The molecule has 0 bridgehead atoms. The van der Waals surface area contributed by atoms with Crippen molar-refractivity contribution in [3.05, 3.63) is 77.4 Å². The molecular formula is C23H21FN2O3. The summed E-state index contributed by atoms with van der Waals surface area (Å²) in [6.07, 6.45) is 3.93. The summed E-state index contributed by atoms with van der Waals surface area (Å²) in [7, 11) is 0. The predicted octanol–water partition coefficient (Wildman–Crippen LogP) is 3.46. The van der Waals surface area contributed by atoms with Crippen LogP contribution >= 0.6 is 0 Å². The number of Topliss-reactive ketones (excluding diaryl/α,β-unsaturated/α-hetero) is 1. The summed E-state index contributed by atoms with van der Waals surface area (Å²) in [4.78, 5) is 30.2. The number of carbonyl (C=O) groups excluding carboxylic acids is 2. The lowest BCUT2D eigenvalue weighted by molar-refractivity contribution is -0.386. The van der Waals surface area contributed by atoms with Crippen LogP contribution in [0.3, 0.4) is 0 Å². The van der Waals surface area contributed by atoms with E-state index in [4.69, 9.17) is 4.74 Å². The van der Waals surface area contributed by atoms with Crippen LogP contribution in [0.1, 0.15) is 32.3 Å². The third-order valence-corrected chi connectivity index (χ3v) is 5.32. The molecule has 1 atom stereocenters. The zero-order valence-electron chi connectivity index (χ0n) is 16.4. The number of allylic oxidation sites excluding steroid dienone is 2. The Bertz CT molecular complexity index is 1070. The van der Waals surface area contributed by atoms with E-state index in [-0.39, 0.29) is 29.5 Å². The van der Waals surface area contributed by atoms with E-state index in [1.54, 1.807) is 38.4 Å². The van der Waals surface area contributed by atoms with Gasteiger partial charge in [0.15, 0.2) is 5.78 Å². The maximum atomic E-state index is 13.2. The van der Waals surface area contributed by atoms with Crippen LogP contribution in [0.15, 0.2) is 64.1 Å².